The van der Waals surface area contributed by atoms with Crippen LogP contribution in [0, 0.1) is 27.4 Å². The molecule has 116 valence electrons. The third-order valence-electron chi connectivity index (χ3n) is 3.69. The van der Waals surface area contributed by atoms with Gasteiger partial charge in [-0.15, -0.1) is 0 Å². The second-order valence-electron chi connectivity index (χ2n) is 5.54. The van der Waals surface area contributed by atoms with E-state index in [1.807, 2.05) is 4.90 Å². The van der Waals surface area contributed by atoms with Gasteiger partial charge in [-0.2, -0.15) is 5.26 Å². The third-order valence-corrected chi connectivity index (χ3v) is 3.69. The molecule has 7 heteroatoms. The zero-order valence-corrected chi connectivity index (χ0v) is 12.4. The standard InChI is InChI=1S/C15H18N4O3/c1-11-3-2-8-18(10-11)13-5-4-12(9-14(13)19(21)22)17-15(20)6-7-16/h4-5,9,11H,2-3,6,8,10H2,1H3,(H,17,20). The van der Waals surface area contributed by atoms with Gasteiger partial charge in [0.1, 0.15) is 12.1 Å². The fourth-order valence-corrected chi connectivity index (χ4v) is 2.70. The lowest BCUT2D eigenvalue weighted by atomic mass is 9.99. The summed E-state index contributed by atoms with van der Waals surface area (Å²) in [6, 6.07) is 6.39. The van der Waals surface area contributed by atoms with Gasteiger partial charge in [-0.25, -0.2) is 0 Å². The van der Waals surface area contributed by atoms with Crippen molar-refractivity contribution < 1.29 is 9.72 Å². The molecule has 1 fully saturated rings. The van der Waals surface area contributed by atoms with Gasteiger partial charge in [0.05, 0.1) is 11.0 Å². The van der Waals surface area contributed by atoms with Crippen LogP contribution in [0.5, 0.6) is 0 Å². The van der Waals surface area contributed by atoms with E-state index in [0.29, 0.717) is 17.3 Å². The molecule has 1 atom stereocenters. The molecule has 1 amide bonds. The maximum Gasteiger partial charge on any atom is 0.294 e. The molecule has 0 saturated carbocycles. The van der Waals surface area contributed by atoms with Crippen LogP contribution in [0.2, 0.25) is 0 Å². The number of anilines is 2. The minimum atomic E-state index is -0.476. The zero-order chi connectivity index (χ0) is 16.1. The first-order valence-corrected chi connectivity index (χ1v) is 7.21. The van der Waals surface area contributed by atoms with Gasteiger partial charge in [-0.05, 0) is 30.9 Å². The first-order valence-electron chi connectivity index (χ1n) is 7.21. The summed E-state index contributed by atoms with van der Waals surface area (Å²) in [6.07, 6.45) is 1.87. The van der Waals surface area contributed by atoms with Gasteiger partial charge in [0.25, 0.3) is 5.69 Å². The van der Waals surface area contributed by atoms with Crippen molar-refractivity contribution in [2.45, 2.75) is 26.2 Å². The van der Waals surface area contributed by atoms with Crippen LogP contribution in [-0.4, -0.2) is 23.9 Å². The molecule has 1 aromatic carbocycles. The number of nitriles is 1. The second kappa shape index (κ2) is 6.89. The summed E-state index contributed by atoms with van der Waals surface area (Å²) in [5.41, 5.74) is 0.888. The Labute approximate surface area is 128 Å². The van der Waals surface area contributed by atoms with Gasteiger partial charge in [-0.1, -0.05) is 6.92 Å². The highest BCUT2D eigenvalue weighted by Crippen LogP contribution is 2.33. The third kappa shape index (κ3) is 3.73. The van der Waals surface area contributed by atoms with Crippen molar-refractivity contribution in [1.82, 2.24) is 0 Å². The average molecular weight is 302 g/mol. The van der Waals surface area contributed by atoms with Gasteiger partial charge >= 0.3 is 0 Å². The molecule has 1 aliphatic rings. The SMILES string of the molecule is CC1CCCN(c2ccc(NC(=O)CC#N)cc2[N+](=O)[O-])C1. The van der Waals surface area contributed by atoms with Gasteiger partial charge in [0.15, 0.2) is 0 Å². The van der Waals surface area contributed by atoms with Gasteiger partial charge in [0.2, 0.25) is 5.91 Å². The molecule has 1 unspecified atom stereocenters. The Kier molecular flexibility index (Phi) is 4.94. The highest BCUT2D eigenvalue weighted by molar-refractivity contribution is 5.92. The van der Waals surface area contributed by atoms with Crippen LogP contribution in [0.3, 0.4) is 0 Å². The number of amides is 1. The van der Waals surface area contributed by atoms with Crippen LogP contribution >= 0.6 is 0 Å². The molecule has 22 heavy (non-hydrogen) atoms. The Hall–Kier alpha value is -2.62. The van der Waals surface area contributed by atoms with Gasteiger partial charge in [0, 0.05) is 24.8 Å². The van der Waals surface area contributed by atoms with E-state index in [-0.39, 0.29) is 12.1 Å². The number of carbonyl (C=O) groups excluding carboxylic acids is 1. The summed E-state index contributed by atoms with van der Waals surface area (Å²) in [4.78, 5) is 24.3. The topological polar surface area (TPSA) is 99.3 Å². The molecule has 0 bridgehead atoms. The van der Waals surface area contributed by atoms with Crippen molar-refractivity contribution >= 4 is 23.0 Å². The molecule has 7 nitrogen and oxygen atoms in total. The Balaban J connectivity index is 2.26. The fourth-order valence-electron chi connectivity index (χ4n) is 2.70. The first kappa shape index (κ1) is 15.8. The molecule has 2 rings (SSSR count). The summed E-state index contributed by atoms with van der Waals surface area (Å²) in [5.74, 6) is 0.0273. The second-order valence-corrected chi connectivity index (χ2v) is 5.54. The van der Waals surface area contributed by atoms with E-state index in [0.717, 1.165) is 25.9 Å². The number of piperidine rings is 1. The Bertz CT molecular complexity index is 624. The summed E-state index contributed by atoms with van der Waals surface area (Å²) >= 11 is 0. The lowest BCUT2D eigenvalue weighted by Crippen LogP contribution is -2.34. The molecule has 0 aromatic heterocycles. The van der Waals surface area contributed by atoms with E-state index in [2.05, 4.69) is 12.2 Å². The molecule has 0 aliphatic carbocycles. The van der Waals surface area contributed by atoms with Crippen LogP contribution in [0.25, 0.3) is 0 Å². The molecule has 1 N–H and O–H groups in total. The average Bonchev–Trinajstić information content (AvgIpc) is 2.47. The highest BCUT2D eigenvalue weighted by atomic mass is 16.6. The van der Waals surface area contributed by atoms with Crippen molar-refractivity contribution in [3.63, 3.8) is 0 Å². The van der Waals surface area contributed by atoms with Crippen molar-refractivity contribution in [2.75, 3.05) is 23.3 Å². The first-order chi connectivity index (χ1) is 10.5. The van der Waals surface area contributed by atoms with E-state index in [9.17, 15) is 14.9 Å². The molecule has 1 aliphatic heterocycles. The van der Waals surface area contributed by atoms with Crippen molar-refractivity contribution in [2.24, 2.45) is 5.92 Å². The lowest BCUT2D eigenvalue weighted by Gasteiger charge is -2.32. The lowest BCUT2D eigenvalue weighted by molar-refractivity contribution is -0.384. The number of carbonyl (C=O) groups is 1. The number of nitrogens with one attached hydrogen (secondary N) is 1. The molecule has 0 spiro atoms. The summed E-state index contributed by atoms with van der Waals surface area (Å²) in [7, 11) is 0. The van der Waals surface area contributed by atoms with E-state index < -0.39 is 10.8 Å². The number of nitro benzene ring substituents is 1. The van der Waals surface area contributed by atoms with Crippen molar-refractivity contribution in [1.29, 1.82) is 5.26 Å². The van der Waals surface area contributed by atoms with Crippen molar-refractivity contribution in [3.05, 3.63) is 28.3 Å². The largest absolute Gasteiger partial charge is 0.366 e. The Morgan fingerprint density at radius 3 is 3.00 bits per heavy atom. The van der Waals surface area contributed by atoms with Gasteiger partial charge in [-0.3, -0.25) is 14.9 Å². The van der Waals surface area contributed by atoms with E-state index in [4.69, 9.17) is 5.26 Å². The molecule has 1 saturated heterocycles. The normalized spacial score (nSPS) is 17.6. The highest BCUT2D eigenvalue weighted by Gasteiger charge is 2.24. The van der Waals surface area contributed by atoms with Crippen molar-refractivity contribution in [3.8, 4) is 6.07 Å². The number of hydrogen-bond acceptors (Lipinski definition) is 5. The predicted molar refractivity (Wildman–Crippen MR) is 82.6 cm³/mol. The minimum Gasteiger partial charge on any atom is -0.366 e. The maximum atomic E-state index is 11.4. The number of nitrogens with zero attached hydrogens (tertiary/aromatic N) is 3. The van der Waals surface area contributed by atoms with Crippen LogP contribution in [0.15, 0.2) is 18.2 Å². The zero-order valence-electron chi connectivity index (χ0n) is 12.4. The van der Waals surface area contributed by atoms with Crippen LogP contribution in [0.4, 0.5) is 17.1 Å². The van der Waals surface area contributed by atoms with Crippen LogP contribution < -0.4 is 10.2 Å². The Morgan fingerprint density at radius 2 is 2.36 bits per heavy atom. The number of benzene rings is 1. The predicted octanol–water partition coefficient (Wildman–Crippen LogP) is 2.68. The van der Waals surface area contributed by atoms with E-state index in [1.165, 1.54) is 6.07 Å². The molecule has 1 aromatic rings. The number of rotatable bonds is 4. The van der Waals surface area contributed by atoms with E-state index in [1.54, 1.807) is 18.2 Å². The Morgan fingerprint density at radius 1 is 1.59 bits per heavy atom. The quantitative estimate of drug-likeness (QED) is 0.681. The summed E-state index contributed by atoms with van der Waals surface area (Å²) in [5, 5.41) is 22.3. The maximum absolute atomic E-state index is 11.4. The number of hydrogen-bond donors (Lipinski definition) is 1. The monoisotopic (exact) mass is 302 g/mol. The molecule has 0 radical (unpaired) electrons. The molecule has 1 heterocycles. The van der Waals surface area contributed by atoms with Crippen LogP contribution in [0.1, 0.15) is 26.2 Å². The molecular formula is C15H18N4O3. The molecular weight excluding hydrogens is 284 g/mol. The van der Waals surface area contributed by atoms with Crippen LogP contribution in [-0.2, 0) is 4.79 Å². The smallest absolute Gasteiger partial charge is 0.294 e. The van der Waals surface area contributed by atoms with Gasteiger partial charge < -0.3 is 10.2 Å². The van der Waals surface area contributed by atoms with E-state index >= 15 is 0 Å². The number of nitro groups is 1. The minimum absolute atomic E-state index is 0.0242. The fraction of sp³-hybridized carbons (Fsp3) is 0.467. The summed E-state index contributed by atoms with van der Waals surface area (Å²) < 4.78 is 0. The summed E-state index contributed by atoms with van der Waals surface area (Å²) in [6.45, 7) is 3.72.